The van der Waals surface area contributed by atoms with Crippen LogP contribution in [-0.4, -0.2) is 10.2 Å². The Bertz CT molecular complexity index is 396. The van der Waals surface area contributed by atoms with Gasteiger partial charge in [-0.15, -0.1) is 11.3 Å². The average molecular weight is 167 g/mol. The minimum Gasteiger partial charge on any atom is -0.285 e. The van der Waals surface area contributed by atoms with Crippen LogP contribution in [0.25, 0.3) is 10.2 Å². The van der Waals surface area contributed by atoms with Gasteiger partial charge in [-0.2, -0.15) is 0 Å². The van der Waals surface area contributed by atoms with Crippen molar-refractivity contribution in [3.05, 3.63) is 23.5 Å². The van der Waals surface area contributed by atoms with Crippen molar-refractivity contribution in [2.45, 2.75) is 6.92 Å². The van der Waals surface area contributed by atoms with E-state index in [1.54, 1.807) is 23.7 Å². The SMILES string of the molecule is Cc1nc2c[n+](O)ccc2s1. The first-order valence-electron chi connectivity index (χ1n) is 3.23. The van der Waals surface area contributed by atoms with Crippen LogP contribution in [0.1, 0.15) is 5.01 Å². The van der Waals surface area contributed by atoms with Crippen LogP contribution in [0.15, 0.2) is 18.5 Å². The van der Waals surface area contributed by atoms with Crippen molar-refractivity contribution in [2.75, 3.05) is 0 Å². The summed E-state index contributed by atoms with van der Waals surface area (Å²) >= 11 is 1.63. The van der Waals surface area contributed by atoms with Crippen molar-refractivity contribution < 1.29 is 9.94 Å². The van der Waals surface area contributed by atoms with Crippen LogP contribution in [0, 0.1) is 6.92 Å². The van der Waals surface area contributed by atoms with Crippen molar-refractivity contribution in [1.29, 1.82) is 0 Å². The predicted molar refractivity (Wildman–Crippen MR) is 41.7 cm³/mol. The maximum absolute atomic E-state index is 9.02. The molecule has 0 aliphatic rings. The molecule has 0 radical (unpaired) electrons. The summed E-state index contributed by atoms with van der Waals surface area (Å²) in [6.07, 6.45) is 3.19. The summed E-state index contributed by atoms with van der Waals surface area (Å²) in [5, 5.41) is 10.0. The number of aryl methyl sites for hydroxylation is 1. The molecule has 11 heavy (non-hydrogen) atoms. The van der Waals surface area contributed by atoms with Gasteiger partial charge in [0.1, 0.15) is 0 Å². The standard InChI is InChI=1S/C7H7N2OS/c1-5-8-6-4-9(10)3-2-7(6)11-5/h2-4,10H,1H3/q+1. The third-order valence-corrected chi connectivity index (χ3v) is 2.37. The lowest BCUT2D eigenvalue weighted by molar-refractivity contribution is -0.904. The van der Waals surface area contributed by atoms with Gasteiger partial charge < -0.3 is 0 Å². The van der Waals surface area contributed by atoms with Crippen LogP contribution in [0.2, 0.25) is 0 Å². The van der Waals surface area contributed by atoms with Crippen molar-refractivity contribution in [2.24, 2.45) is 0 Å². The van der Waals surface area contributed by atoms with Gasteiger partial charge in [-0.25, -0.2) is 4.98 Å². The molecule has 0 saturated heterocycles. The number of nitrogens with zero attached hydrogens (tertiary/aromatic N) is 2. The Kier molecular flexibility index (Phi) is 1.29. The molecule has 3 nitrogen and oxygen atoms in total. The highest BCUT2D eigenvalue weighted by atomic mass is 32.1. The third-order valence-electron chi connectivity index (χ3n) is 1.42. The lowest BCUT2D eigenvalue weighted by Gasteiger charge is -1.80. The van der Waals surface area contributed by atoms with Crippen molar-refractivity contribution in [1.82, 2.24) is 4.98 Å². The molecule has 0 aliphatic heterocycles. The molecule has 2 aromatic heterocycles. The zero-order valence-electron chi connectivity index (χ0n) is 5.98. The number of rotatable bonds is 0. The monoisotopic (exact) mass is 167 g/mol. The topological polar surface area (TPSA) is 37.0 Å². The maximum atomic E-state index is 9.02. The minimum atomic E-state index is 0.845. The Labute approximate surface area is 67.5 Å². The van der Waals surface area contributed by atoms with Gasteiger partial charge >= 0.3 is 0 Å². The molecule has 2 aromatic rings. The van der Waals surface area contributed by atoms with Gasteiger partial charge in [0.25, 0.3) is 0 Å². The summed E-state index contributed by atoms with van der Waals surface area (Å²) in [6, 6.07) is 1.85. The first kappa shape index (κ1) is 6.54. The van der Waals surface area contributed by atoms with E-state index in [1.807, 2.05) is 13.0 Å². The van der Waals surface area contributed by atoms with E-state index in [9.17, 15) is 0 Å². The second kappa shape index (κ2) is 2.17. The molecule has 0 amide bonds. The molecule has 56 valence electrons. The van der Waals surface area contributed by atoms with Crippen LogP contribution in [0.3, 0.4) is 0 Å². The van der Waals surface area contributed by atoms with Gasteiger partial charge in [-0.1, -0.05) is 0 Å². The highest BCUT2D eigenvalue weighted by Gasteiger charge is 2.04. The molecular formula is C7H7N2OS+. The Morgan fingerprint density at radius 1 is 1.64 bits per heavy atom. The predicted octanol–water partition coefficient (Wildman–Crippen LogP) is 1.13. The van der Waals surface area contributed by atoms with Gasteiger partial charge in [-0.05, 0) is 6.92 Å². The van der Waals surface area contributed by atoms with Crippen LogP contribution in [-0.2, 0) is 0 Å². The number of hydrogen-bond acceptors (Lipinski definition) is 3. The molecular weight excluding hydrogens is 160 g/mol. The quantitative estimate of drug-likeness (QED) is 0.471. The van der Waals surface area contributed by atoms with E-state index in [1.165, 1.54) is 0 Å². The van der Waals surface area contributed by atoms with Gasteiger partial charge in [0.2, 0.25) is 12.4 Å². The van der Waals surface area contributed by atoms with E-state index in [0.29, 0.717) is 0 Å². The van der Waals surface area contributed by atoms with Crippen LogP contribution in [0.5, 0.6) is 0 Å². The Morgan fingerprint density at radius 2 is 2.45 bits per heavy atom. The fraction of sp³-hybridized carbons (Fsp3) is 0.143. The molecule has 0 atom stereocenters. The molecule has 2 heterocycles. The molecule has 0 aliphatic carbocycles. The van der Waals surface area contributed by atoms with E-state index < -0.39 is 0 Å². The van der Waals surface area contributed by atoms with Gasteiger partial charge in [0.05, 0.1) is 9.71 Å². The molecule has 0 aromatic carbocycles. The largest absolute Gasteiger partial charge is 0.285 e. The molecule has 0 spiro atoms. The lowest BCUT2D eigenvalue weighted by atomic mass is 10.4. The van der Waals surface area contributed by atoms with Crippen LogP contribution >= 0.6 is 11.3 Å². The molecule has 2 rings (SSSR count). The fourth-order valence-corrected chi connectivity index (χ4v) is 1.78. The smallest absolute Gasteiger partial charge is 0.249 e. The lowest BCUT2D eigenvalue weighted by Crippen LogP contribution is -2.27. The van der Waals surface area contributed by atoms with Crippen LogP contribution in [0.4, 0.5) is 0 Å². The number of fused-ring (bicyclic) bond motifs is 1. The normalized spacial score (nSPS) is 10.6. The average Bonchev–Trinajstić information content (AvgIpc) is 2.27. The zero-order chi connectivity index (χ0) is 7.84. The van der Waals surface area contributed by atoms with E-state index >= 15 is 0 Å². The van der Waals surface area contributed by atoms with E-state index in [4.69, 9.17) is 5.21 Å². The van der Waals surface area contributed by atoms with Crippen LogP contribution < -0.4 is 4.73 Å². The Morgan fingerprint density at radius 3 is 3.27 bits per heavy atom. The van der Waals surface area contributed by atoms with Crippen molar-refractivity contribution in [3.8, 4) is 0 Å². The van der Waals surface area contributed by atoms with Gasteiger partial charge in [-0.3, -0.25) is 5.21 Å². The Balaban J connectivity index is 2.82. The molecule has 0 saturated carbocycles. The fourth-order valence-electron chi connectivity index (χ4n) is 0.983. The number of pyridine rings is 1. The van der Waals surface area contributed by atoms with Crippen molar-refractivity contribution in [3.63, 3.8) is 0 Å². The minimum absolute atomic E-state index is 0.845. The number of hydrogen-bond donors (Lipinski definition) is 1. The number of aromatic nitrogens is 2. The molecule has 0 unspecified atom stereocenters. The second-order valence-electron chi connectivity index (χ2n) is 2.31. The third kappa shape index (κ3) is 1.05. The molecule has 0 bridgehead atoms. The van der Waals surface area contributed by atoms with Crippen molar-refractivity contribution >= 4 is 21.6 Å². The molecule has 4 heteroatoms. The van der Waals surface area contributed by atoms with E-state index in [-0.39, 0.29) is 0 Å². The molecule has 0 fully saturated rings. The Hall–Kier alpha value is -1.16. The highest BCUT2D eigenvalue weighted by Crippen LogP contribution is 2.18. The first-order valence-corrected chi connectivity index (χ1v) is 4.05. The van der Waals surface area contributed by atoms with E-state index in [0.717, 1.165) is 20.0 Å². The maximum Gasteiger partial charge on any atom is 0.249 e. The van der Waals surface area contributed by atoms with E-state index in [2.05, 4.69) is 4.98 Å². The highest BCUT2D eigenvalue weighted by molar-refractivity contribution is 7.18. The summed E-state index contributed by atoms with van der Waals surface area (Å²) in [6.45, 7) is 1.95. The summed E-state index contributed by atoms with van der Waals surface area (Å²) in [5.41, 5.74) is 0.845. The van der Waals surface area contributed by atoms with Gasteiger partial charge in [0.15, 0.2) is 5.52 Å². The number of thiazole rings is 1. The summed E-state index contributed by atoms with van der Waals surface area (Å²) < 4.78 is 2.12. The van der Waals surface area contributed by atoms with Gasteiger partial charge in [0, 0.05) is 10.8 Å². The molecule has 1 N–H and O–H groups in total. The summed E-state index contributed by atoms with van der Waals surface area (Å²) in [4.78, 5) is 4.21. The zero-order valence-corrected chi connectivity index (χ0v) is 6.80. The first-order chi connectivity index (χ1) is 5.25. The second-order valence-corrected chi connectivity index (χ2v) is 3.54. The summed E-state index contributed by atoms with van der Waals surface area (Å²) in [7, 11) is 0. The summed E-state index contributed by atoms with van der Waals surface area (Å²) in [5.74, 6) is 0.